The van der Waals surface area contributed by atoms with Crippen LogP contribution >= 0.6 is 0 Å². The van der Waals surface area contributed by atoms with Crippen LogP contribution in [0.1, 0.15) is 16.7 Å². The number of nitrogens with zero attached hydrogens (tertiary/aromatic N) is 2. The van der Waals surface area contributed by atoms with Gasteiger partial charge in [-0.15, -0.1) is 0 Å². The lowest BCUT2D eigenvalue weighted by atomic mass is 10.1. The van der Waals surface area contributed by atoms with E-state index >= 15 is 0 Å². The van der Waals surface area contributed by atoms with Crippen LogP contribution in [0.15, 0.2) is 54.7 Å². The molecule has 3 nitrogen and oxygen atoms in total. The summed E-state index contributed by atoms with van der Waals surface area (Å²) >= 11 is 0. The maximum Gasteiger partial charge on any atom is 0.416 e. The van der Waals surface area contributed by atoms with Gasteiger partial charge in [0.25, 0.3) is 0 Å². The number of alkyl halides is 3. The smallest absolute Gasteiger partial charge is 0.416 e. The SMILES string of the molecule is Cc1cccc(-c2ncc(C)c(Oc3cccc(C(F)(F)F)c3)n2)c1. The first-order valence-electron chi connectivity index (χ1n) is 7.59. The molecule has 0 aliphatic heterocycles. The van der Waals surface area contributed by atoms with Gasteiger partial charge in [-0.1, -0.05) is 29.8 Å². The molecule has 0 bridgehead atoms. The first kappa shape index (κ1) is 17.0. The molecule has 0 N–H and O–H groups in total. The number of halogens is 3. The van der Waals surface area contributed by atoms with Gasteiger partial charge in [-0.2, -0.15) is 18.2 Å². The molecule has 3 aromatic rings. The molecule has 0 fully saturated rings. The lowest BCUT2D eigenvalue weighted by Crippen LogP contribution is -2.04. The quantitative estimate of drug-likeness (QED) is 0.623. The highest BCUT2D eigenvalue weighted by Gasteiger charge is 2.30. The fourth-order valence-corrected chi connectivity index (χ4v) is 2.30. The number of aromatic nitrogens is 2. The van der Waals surface area contributed by atoms with Gasteiger partial charge in [0, 0.05) is 17.3 Å². The van der Waals surface area contributed by atoms with Crippen molar-refractivity contribution < 1.29 is 17.9 Å². The number of benzene rings is 2. The summed E-state index contributed by atoms with van der Waals surface area (Å²) in [4.78, 5) is 8.63. The van der Waals surface area contributed by atoms with Gasteiger partial charge < -0.3 is 4.74 Å². The Morgan fingerprint density at radius 1 is 0.960 bits per heavy atom. The van der Waals surface area contributed by atoms with Crippen molar-refractivity contribution in [1.29, 1.82) is 0 Å². The second-order valence-corrected chi connectivity index (χ2v) is 5.68. The molecule has 0 spiro atoms. The van der Waals surface area contributed by atoms with E-state index in [9.17, 15) is 13.2 Å². The molecular formula is C19H15F3N2O. The lowest BCUT2D eigenvalue weighted by molar-refractivity contribution is -0.137. The highest BCUT2D eigenvalue weighted by molar-refractivity contribution is 5.57. The number of ether oxygens (including phenoxy) is 1. The number of hydrogen-bond acceptors (Lipinski definition) is 3. The second kappa shape index (κ2) is 6.55. The van der Waals surface area contributed by atoms with Gasteiger partial charge in [-0.25, -0.2) is 4.98 Å². The number of rotatable bonds is 3. The van der Waals surface area contributed by atoms with E-state index in [-0.39, 0.29) is 11.6 Å². The molecule has 3 rings (SSSR count). The van der Waals surface area contributed by atoms with Crippen LogP contribution in [0.5, 0.6) is 11.6 Å². The van der Waals surface area contributed by atoms with Gasteiger partial charge in [0.2, 0.25) is 5.88 Å². The fourth-order valence-electron chi connectivity index (χ4n) is 2.30. The number of aryl methyl sites for hydroxylation is 2. The second-order valence-electron chi connectivity index (χ2n) is 5.68. The average Bonchev–Trinajstić information content (AvgIpc) is 2.56. The van der Waals surface area contributed by atoms with E-state index in [1.807, 2.05) is 31.2 Å². The Bertz CT molecular complexity index is 907. The van der Waals surface area contributed by atoms with Crippen LogP contribution in [0.25, 0.3) is 11.4 Å². The molecular weight excluding hydrogens is 329 g/mol. The maximum atomic E-state index is 12.8. The third-order valence-corrected chi connectivity index (χ3v) is 3.58. The third-order valence-electron chi connectivity index (χ3n) is 3.58. The summed E-state index contributed by atoms with van der Waals surface area (Å²) < 4.78 is 44.1. The topological polar surface area (TPSA) is 35.0 Å². The molecule has 6 heteroatoms. The van der Waals surface area contributed by atoms with Crippen LogP contribution < -0.4 is 4.74 Å². The van der Waals surface area contributed by atoms with Gasteiger partial charge in [-0.3, -0.25) is 0 Å². The first-order valence-corrected chi connectivity index (χ1v) is 7.59. The molecule has 0 amide bonds. The van der Waals surface area contributed by atoms with Crippen LogP contribution in [0.3, 0.4) is 0 Å². The zero-order valence-electron chi connectivity index (χ0n) is 13.6. The summed E-state index contributed by atoms with van der Waals surface area (Å²) in [5.41, 5.74) is 1.74. The van der Waals surface area contributed by atoms with E-state index in [4.69, 9.17) is 4.74 Å². The Morgan fingerprint density at radius 2 is 1.72 bits per heavy atom. The summed E-state index contributed by atoms with van der Waals surface area (Å²) in [6, 6.07) is 12.4. The highest BCUT2D eigenvalue weighted by Crippen LogP contribution is 2.33. The predicted octanol–water partition coefficient (Wildman–Crippen LogP) is 5.57. The Labute approximate surface area is 143 Å². The van der Waals surface area contributed by atoms with Crippen molar-refractivity contribution in [3.05, 3.63) is 71.4 Å². The van der Waals surface area contributed by atoms with Crippen LogP contribution in [0.2, 0.25) is 0 Å². The summed E-state index contributed by atoms with van der Waals surface area (Å²) in [5.74, 6) is 0.758. The van der Waals surface area contributed by atoms with Gasteiger partial charge in [-0.05, 0) is 38.1 Å². The third kappa shape index (κ3) is 3.96. The van der Waals surface area contributed by atoms with Crippen molar-refractivity contribution in [3.8, 4) is 23.0 Å². The van der Waals surface area contributed by atoms with Crippen LogP contribution in [0, 0.1) is 13.8 Å². The van der Waals surface area contributed by atoms with E-state index < -0.39 is 11.7 Å². The summed E-state index contributed by atoms with van der Waals surface area (Å²) in [6.45, 7) is 3.70. The first-order chi connectivity index (χ1) is 11.8. The van der Waals surface area contributed by atoms with Crippen molar-refractivity contribution in [2.24, 2.45) is 0 Å². The molecule has 0 atom stereocenters. The molecule has 25 heavy (non-hydrogen) atoms. The standard InChI is InChI=1S/C19H15F3N2O/c1-12-5-3-6-14(9-12)17-23-11-13(2)18(24-17)25-16-8-4-7-15(10-16)19(20,21)22/h3-11H,1-2H3. The normalized spacial score (nSPS) is 11.4. The van der Waals surface area contributed by atoms with Crippen molar-refractivity contribution in [2.75, 3.05) is 0 Å². The maximum absolute atomic E-state index is 12.8. The molecule has 0 unspecified atom stereocenters. The largest absolute Gasteiger partial charge is 0.439 e. The highest BCUT2D eigenvalue weighted by atomic mass is 19.4. The Morgan fingerprint density at radius 3 is 2.44 bits per heavy atom. The Hall–Kier alpha value is -2.89. The Kier molecular flexibility index (Phi) is 4.44. The van der Waals surface area contributed by atoms with E-state index in [1.54, 1.807) is 13.1 Å². The molecule has 1 aromatic heterocycles. The lowest BCUT2D eigenvalue weighted by Gasteiger charge is -2.11. The van der Waals surface area contributed by atoms with Crippen molar-refractivity contribution in [3.63, 3.8) is 0 Å². The molecule has 0 aliphatic carbocycles. The fraction of sp³-hybridized carbons (Fsp3) is 0.158. The summed E-state index contributed by atoms with van der Waals surface area (Å²) in [7, 11) is 0. The summed E-state index contributed by atoms with van der Waals surface area (Å²) in [6.07, 6.45) is -2.83. The molecule has 128 valence electrons. The van der Waals surface area contributed by atoms with Crippen molar-refractivity contribution in [2.45, 2.75) is 20.0 Å². The van der Waals surface area contributed by atoms with Crippen LogP contribution in [-0.2, 0) is 6.18 Å². The van der Waals surface area contributed by atoms with Gasteiger partial charge in [0.15, 0.2) is 5.82 Å². The monoisotopic (exact) mass is 344 g/mol. The molecule has 0 aliphatic rings. The minimum atomic E-state index is -4.42. The van der Waals surface area contributed by atoms with Gasteiger partial charge in [0.05, 0.1) is 5.56 Å². The van der Waals surface area contributed by atoms with Crippen LogP contribution in [0.4, 0.5) is 13.2 Å². The molecule has 1 heterocycles. The molecule has 0 saturated carbocycles. The van der Waals surface area contributed by atoms with E-state index in [0.29, 0.717) is 11.4 Å². The minimum absolute atomic E-state index is 0.0758. The van der Waals surface area contributed by atoms with Gasteiger partial charge >= 0.3 is 6.18 Å². The minimum Gasteiger partial charge on any atom is -0.439 e. The summed E-state index contributed by atoms with van der Waals surface area (Å²) in [5, 5.41) is 0. The van der Waals surface area contributed by atoms with Crippen molar-refractivity contribution in [1.82, 2.24) is 9.97 Å². The van der Waals surface area contributed by atoms with E-state index in [2.05, 4.69) is 9.97 Å². The molecule has 0 radical (unpaired) electrons. The zero-order valence-corrected chi connectivity index (χ0v) is 13.6. The van der Waals surface area contributed by atoms with Crippen LogP contribution in [-0.4, -0.2) is 9.97 Å². The van der Waals surface area contributed by atoms with Crippen molar-refractivity contribution >= 4 is 0 Å². The Balaban J connectivity index is 1.94. The number of hydrogen-bond donors (Lipinski definition) is 0. The van der Waals surface area contributed by atoms with E-state index in [1.165, 1.54) is 12.1 Å². The van der Waals surface area contributed by atoms with Gasteiger partial charge in [0.1, 0.15) is 5.75 Å². The predicted molar refractivity (Wildman–Crippen MR) is 88.5 cm³/mol. The average molecular weight is 344 g/mol. The zero-order chi connectivity index (χ0) is 18.0. The van der Waals surface area contributed by atoms with E-state index in [0.717, 1.165) is 23.3 Å². The molecule has 0 saturated heterocycles. The molecule has 2 aromatic carbocycles.